The largest absolute Gasteiger partial charge is 0.493 e. The lowest BCUT2D eigenvalue weighted by Gasteiger charge is -2.38. The molecule has 1 aliphatic heterocycles. The van der Waals surface area contributed by atoms with Gasteiger partial charge < -0.3 is 23.5 Å². The maximum absolute atomic E-state index is 13.8. The van der Waals surface area contributed by atoms with Crippen LogP contribution in [0.3, 0.4) is 0 Å². The van der Waals surface area contributed by atoms with E-state index in [2.05, 4.69) is 0 Å². The second kappa shape index (κ2) is 9.50. The van der Waals surface area contributed by atoms with E-state index in [0.29, 0.717) is 28.5 Å². The van der Waals surface area contributed by atoms with E-state index in [1.54, 1.807) is 33.3 Å². The Hall–Kier alpha value is -3.59. The van der Waals surface area contributed by atoms with Gasteiger partial charge in [-0.25, -0.2) is 4.98 Å². The molecule has 3 aromatic rings. The average Bonchev–Trinajstić information content (AvgIpc) is 3.21. The molecular formula is C24H27N3O6. The van der Waals surface area contributed by atoms with Gasteiger partial charge in [0.1, 0.15) is 0 Å². The molecule has 2 atom stereocenters. The summed E-state index contributed by atoms with van der Waals surface area (Å²) in [6.07, 6.45) is 0. The smallest absolute Gasteiger partial charge is 0.321 e. The number of rotatable bonds is 8. The first kappa shape index (κ1) is 22.6. The van der Waals surface area contributed by atoms with Gasteiger partial charge in [-0.2, -0.15) is 0 Å². The first-order valence-corrected chi connectivity index (χ1v) is 10.7. The standard InChI is InChI=1S/C24H27N3O6/c1-5-33-23(29)19-20(15-9-8-12-18(31-3)21(15)32-4)27-17-11-7-6-10-16(17)25-24(27)26(22(19)28)13-14-30-2/h6-12,19-20H,5,13-14H2,1-4H3/t19-,20-/m1/s1. The topological polar surface area (TPSA) is 92.1 Å². The Kier molecular flexibility index (Phi) is 6.50. The van der Waals surface area contributed by atoms with Crippen LogP contribution in [0.1, 0.15) is 18.5 Å². The predicted molar refractivity (Wildman–Crippen MR) is 122 cm³/mol. The molecule has 9 heteroatoms. The minimum Gasteiger partial charge on any atom is -0.493 e. The number of aromatic nitrogens is 2. The number of benzene rings is 2. The average molecular weight is 453 g/mol. The molecule has 0 saturated carbocycles. The SMILES string of the molecule is CCOC(=O)[C@H]1C(=O)N(CCOC)c2nc3ccccc3n2[C@@H]1c1cccc(OC)c1OC. The first-order chi connectivity index (χ1) is 16.1. The van der Waals surface area contributed by atoms with Gasteiger partial charge in [0.25, 0.3) is 0 Å². The monoisotopic (exact) mass is 453 g/mol. The van der Waals surface area contributed by atoms with Crippen molar-refractivity contribution in [1.29, 1.82) is 0 Å². The zero-order valence-corrected chi connectivity index (χ0v) is 19.1. The van der Waals surface area contributed by atoms with Gasteiger partial charge in [0.05, 0.1) is 51.1 Å². The molecule has 1 aromatic heterocycles. The van der Waals surface area contributed by atoms with Crippen molar-refractivity contribution in [3.05, 3.63) is 48.0 Å². The third-order valence-electron chi connectivity index (χ3n) is 5.76. The van der Waals surface area contributed by atoms with Gasteiger partial charge in [0.15, 0.2) is 17.4 Å². The molecule has 0 unspecified atom stereocenters. The summed E-state index contributed by atoms with van der Waals surface area (Å²) < 4.78 is 23.7. The highest BCUT2D eigenvalue weighted by Crippen LogP contribution is 2.46. The molecule has 0 radical (unpaired) electrons. The summed E-state index contributed by atoms with van der Waals surface area (Å²) in [6.45, 7) is 2.40. The summed E-state index contributed by atoms with van der Waals surface area (Å²) >= 11 is 0. The van der Waals surface area contributed by atoms with E-state index in [1.807, 2.05) is 34.9 Å². The van der Waals surface area contributed by atoms with Gasteiger partial charge >= 0.3 is 5.97 Å². The molecule has 0 fully saturated rings. The van der Waals surface area contributed by atoms with Gasteiger partial charge in [-0.3, -0.25) is 14.5 Å². The number of esters is 1. The second-order valence-electron chi connectivity index (χ2n) is 7.51. The van der Waals surface area contributed by atoms with Gasteiger partial charge in [0.2, 0.25) is 11.9 Å². The minimum atomic E-state index is -1.15. The number of fused-ring (bicyclic) bond motifs is 3. The van der Waals surface area contributed by atoms with Crippen molar-refractivity contribution in [3.8, 4) is 11.5 Å². The third kappa shape index (κ3) is 3.78. The number of nitrogens with zero attached hydrogens (tertiary/aromatic N) is 3. The van der Waals surface area contributed by atoms with E-state index in [9.17, 15) is 9.59 Å². The van der Waals surface area contributed by atoms with Crippen LogP contribution in [0.5, 0.6) is 11.5 Å². The lowest BCUT2D eigenvalue weighted by atomic mass is 9.88. The number of hydrogen-bond acceptors (Lipinski definition) is 7. The summed E-state index contributed by atoms with van der Waals surface area (Å²) in [4.78, 5) is 33.2. The van der Waals surface area contributed by atoms with Crippen LogP contribution in [0.25, 0.3) is 11.0 Å². The highest BCUT2D eigenvalue weighted by Gasteiger charge is 2.48. The number of anilines is 1. The predicted octanol–water partition coefficient (Wildman–Crippen LogP) is 2.82. The molecule has 4 rings (SSSR count). The van der Waals surface area contributed by atoms with Crippen molar-refractivity contribution < 1.29 is 28.5 Å². The third-order valence-corrected chi connectivity index (χ3v) is 5.76. The molecule has 0 saturated heterocycles. The van der Waals surface area contributed by atoms with Crippen molar-refractivity contribution in [2.24, 2.45) is 5.92 Å². The van der Waals surface area contributed by atoms with E-state index < -0.39 is 23.8 Å². The normalized spacial score (nSPS) is 17.7. The number of methoxy groups -OCH3 is 3. The highest BCUT2D eigenvalue weighted by molar-refractivity contribution is 6.08. The summed E-state index contributed by atoms with van der Waals surface area (Å²) in [5.74, 6) is -0.771. The number of ether oxygens (including phenoxy) is 4. The van der Waals surface area contributed by atoms with E-state index in [4.69, 9.17) is 23.9 Å². The zero-order valence-electron chi connectivity index (χ0n) is 19.1. The summed E-state index contributed by atoms with van der Waals surface area (Å²) in [5, 5.41) is 0. The molecule has 174 valence electrons. The molecule has 9 nitrogen and oxygen atoms in total. The van der Waals surface area contributed by atoms with Crippen LogP contribution >= 0.6 is 0 Å². The fraction of sp³-hybridized carbons (Fsp3) is 0.375. The van der Waals surface area contributed by atoms with E-state index in [1.165, 1.54) is 12.0 Å². The van der Waals surface area contributed by atoms with Crippen LogP contribution in [0.2, 0.25) is 0 Å². The maximum Gasteiger partial charge on any atom is 0.321 e. The molecule has 0 bridgehead atoms. The van der Waals surface area contributed by atoms with E-state index >= 15 is 0 Å². The van der Waals surface area contributed by atoms with Gasteiger partial charge in [-0.15, -0.1) is 0 Å². The number of hydrogen-bond donors (Lipinski definition) is 0. The second-order valence-corrected chi connectivity index (χ2v) is 7.51. The Balaban J connectivity index is 2.03. The Morgan fingerprint density at radius 2 is 1.85 bits per heavy atom. The number of amides is 1. The fourth-order valence-corrected chi connectivity index (χ4v) is 4.37. The maximum atomic E-state index is 13.8. The van der Waals surface area contributed by atoms with Crippen LogP contribution in [-0.4, -0.2) is 62.5 Å². The van der Waals surface area contributed by atoms with Crippen LogP contribution in [0.15, 0.2) is 42.5 Å². The lowest BCUT2D eigenvalue weighted by molar-refractivity contribution is -0.153. The Morgan fingerprint density at radius 3 is 2.55 bits per heavy atom. The molecule has 33 heavy (non-hydrogen) atoms. The molecule has 1 aliphatic rings. The Morgan fingerprint density at radius 1 is 1.06 bits per heavy atom. The van der Waals surface area contributed by atoms with E-state index in [0.717, 1.165) is 5.52 Å². The summed E-state index contributed by atoms with van der Waals surface area (Å²) in [5.41, 5.74) is 2.12. The number of carbonyl (C=O) groups is 2. The Bertz CT molecular complexity index is 1170. The zero-order chi connectivity index (χ0) is 23.5. The van der Waals surface area contributed by atoms with Gasteiger partial charge in [-0.05, 0) is 25.1 Å². The van der Waals surface area contributed by atoms with Crippen LogP contribution in [0.4, 0.5) is 5.95 Å². The van der Waals surface area contributed by atoms with Crippen molar-refractivity contribution in [2.75, 3.05) is 46.0 Å². The van der Waals surface area contributed by atoms with Crippen LogP contribution in [0, 0.1) is 5.92 Å². The van der Waals surface area contributed by atoms with E-state index in [-0.39, 0.29) is 19.8 Å². The van der Waals surface area contributed by atoms with Gasteiger partial charge in [0, 0.05) is 12.7 Å². The minimum absolute atomic E-state index is 0.153. The molecule has 2 aromatic carbocycles. The highest BCUT2D eigenvalue weighted by atomic mass is 16.5. The number of para-hydroxylation sites is 3. The van der Waals surface area contributed by atoms with Crippen molar-refractivity contribution in [1.82, 2.24) is 9.55 Å². The van der Waals surface area contributed by atoms with Crippen molar-refractivity contribution in [2.45, 2.75) is 13.0 Å². The van der Waals surface area contributed by atoms with Crippen LogP contribution < -0.4 is 14.4 Å². The number of carbonyl (C=O) groups excluding carboxylic acids is 2. The lowest BCUT2D eigenvalue weighted by Crippen LogP contribution is -2.51. The molecule has 1 amide bonds. The molecule has 0 spiro atoms. The van der Waals surface area contributed by atoms with Gasteiger partial charge in [-0.1, -0.05) is 24.3 Å². The molecular weight excluding hydrogens is 426 g/mol. The van der Waals surface area contributed by atoms with Crippen LogP contribution in [-0.2, 0) is 19.1 Å². The molecule has 0 aliphatic carbocycles. The molecule has 2 heterocycles. The van der Waals surface area contributed by atoms with Crippen molar-refractivity contribution >= 4 is 28.9 Å². The molecule has 0 N–H and O–H groups in total. The number of imidazole rings is 1. The van der Waals surface area contributed by atoms with Crippen molar-refractivity contribution in [3.63, 3.8) is 0 Å². The summed E-state index contributed by atoms with van der Waals surface area (Å²) in [7, 11) is 4.63. The Labute approximate surface area is 191 Å². The summed E-state index contributed by atoms with van der Waals surface area (Å²) in [6, 6.07) is 12.2. The quantitative estimate of drug-likeness (QED) is 0.383. The first-order valence-electron chi connectivity index (χ1n) is 10.7. The fourth-order valence-electron chi connectivity index (χ4n) is 4.37.